The van der Waals surface area contributed by atoms with E-state index in [1.807, 2.05) is 6.92 Å². The Balaban J connectivity index is 2.91. The van der Waals surface area contributed by atoms with Crippen molar-refractivity contribution in [1.82, 2.24) is 0 Å². The summed E-state index contributed by atoms with van der Waals surface area (Å²) < 4.78 is 0.697. The Kier molecular flexibility index (Phi) is 5.57. The van der Waals surface area contributed by atoms with Crippen LogP contribution in [0, 0.1) is 0 Å². The molecule has 0 bridgehead atoms. The average Bonchev–Trinajstić information content (AvgIpc) is 2.28. The molecule has 1 aromatic carbocycles. The van der Waals surface area contributed by atoms with Crippen LogP contribution in [-0.2, 0) is 4.79 Å². The third-order valence-electron chi connectivity index (χ3n) is 1.94. The molecule has 6 heteroatoms. The van der Waals surface area contributed by atoms with Crippen LogP contribution in [0.5, 0.6) is 0 Å². The maximum atomic E-state index is 11.6. The second kappa shape index (κ2) is 6.24. The highest BCUT2D eigenvalue weighted by molar-refractivity contribution is 9.10. The lowest BCUT2D eigenvalue weighted by Gasteiger charge is -2.11. The molecule has 2 nitrogen and oxygen atoms in total. The van der Waals surface area contributed by atoms with Crippen molar-refractivity contribution >= 4 is 66.7 Å². The van der Waals surface area contributed by atoms with Crippen molar-refractivity contribution in [3.8, 4) is 0 Å². The summed E-state index contributed by atoms with van der Waals surface area (Å²) in [6.45, 7) is 1.91. The Morgan fingerprint density at radius 1 is 1.44 bits per heavy atom. The van der Waals surface area contributed by atoms with E-state index in [2.05, 4.69) is 37.2 Å². The number of halogens is 4. The molecule has 1 unspecified atom stereocenters. The first-order valence-electron chi connectivity index (χ1n) is 4.55. The highest BCUT2D eigenvalue weighted by Gasteiger charge is 2.15. The molecule has 0 radical (unpaired) electrons. The number of benzene rings is 1. The zero-order valence-corrected chi connectivity index (χ0v) is 13.0. The van der Waals surface area contributed by atoms with Crippen LogP contribution < -0.4 is 5.32 Å². The largest absolute Gasteiger partial charge is 0.324 e. The first-order chi connectivity index (χ1) is 7.47. The lowest BCUT2D eigenvalue weighted by molar-refractivity contribution is -0.115. The van der Waals surface area contributed by atoms with Gasteiger partial charge in [0.15, 0.2) is 0 Å². The molecule has 0 spiro atoms. The van der Waals surface area contributed by atoms with Crippen molar-refractivity contribution in [2.24, 2.45) is 0 Å². The third-order valence-corrected chi connectivity index (χ3v) is 4.77. The zero-order valence-electron chi connectivity index (χ0n) is 8.36. The fourth-order valence-electron chi connectivity index (χ4n) is 1.02. The topological polar surface area (TPSA) is 29.1 Å². The molecule has 0 fully saturated rings. The predicted molar refractivity (Wildman–Crippen MR) is 75.8 cm³/mol. The van der Waals surface area contributed by atoms with Crippen molar-refractivity contribution in [3.63, 3.8) is 0 Å². The normalized spacial score (nSPS) is 12.3. The fraction of sp³-hybridized carbons (Fsp3) is 0.300. The van der Waals surface area contributed by atoms with E-state index in [9.17, 15) is 4.79 Å². The Labute approximate surface area is 121 Å². The zero-order chi connectivity index (χ0) is 12.3. The second-order valence-corrected chi connectivity index (χ2v) is 5.80. The van der Waals surface area contributed by atoms with E-state index >= 15 is 0 Å². The molecule has 0 saturated carbocycles. The number of carbonyl (C=O) groups excluding carboxylic acids is 1. The van der Waals surface area contributed by atoms with Gasteiger partial charge in [0, 0.05) is 4.47 Å². The van der Waals surface area contributed by atoms with Crippen molar-refractivity contribution in [1.29, 1.82) is 0 Å². The molecule has 1 rings (SSSR count). The maximum absolute atomic E-state index is 11.6. The van der Waals surface area contributed by atoms with Gasteiger partial charge in [-0.15, -0.1) is 0 Å². The predicted octanol–water partition coefficient (Wildman–Crippen LogP) is 4.87. The minimum atomic E-state index is -0.231. The molecule has 0 aliphatic carbocycles. The Morgan fingerprint density at radius 3 is 2.62 bits per heavy atom. The molecule has 1 N–H and O–H groups in total. The fourth-order valence-corrected chi connectivity index (χ4v) is 1.95. The number of alkyl halides is 1. The smallest absolute Gasteiger partial charge is 0.238 e. The Bertz CT molecular complexity index is 412. The van der Waals surface area contributed by atoms with E-state index in [-0.39, 0.29) is 10.7 Å². The van der Waals surface area contributed by atoms with Crippen LogP contribution in [0.3, 0.4) is 0 Å². The molecule has 1 amide bonds. The summed E-state index contributed by atoms with van der Waals surface area (Å²) in [6.07, 6.45) is 0.702. The standard InChI is InChI=1S/C10H9Br2Cl2NO/c1-2-5(11)10(16)15-7-4-3-6(12)8(13)9(7)14/h3-5H,2H2,1H3,(H,15,16). The molecular formula is C10H9Br2Cl2NO. The molecule has 0 aliphatic rings. The molecule has 16 heavy (non-hydrogen) atoms. The lowest BCUT2D eigenvalue weighted by atomic mass is 10.3. The average molecular weight is 390 g/mol. The van der Waals surface area contributed by atoms with Gasteiger partial charge in [-0.05, 0) is 34.5 Å². The van der Waals surface area contributed by atoms with Crippen molar-refractivity contribution < 1.29 is 4.79 Å². The van der Waals surface area contributed by atoms with Crippen LogP contribution in [-0.4, -0.2) is 10.7 Å². The van der Waals surface area contributed by atoms with Gasteiger partial charge in [0.2, 0.25) is 5.91 Å². The van der Waals surface area contributed by atoms with Crippen LogP contribution >= 0.6 is 55.1 Å². The van der Waals surface area contributed by atoms with Crippen LogP contribution in [0.25, 0.3) is 0 Å². The molecule has 0 saturated heterocycles. The molecule has 0 aliphatic heterocycles. The molecule has 1 aromatic rings. The van der Waals surface area contributed by atoms with Crippen LogP contribution in [0.15, 0.2) is 16.6 Å². The third kappa shape index (κ3) is 3.36. The van der Waals surface area contributed by atoms with E-state index in [1.165, 1.54) is 0 Å². The summed E-state index contributed by atoms with van der Waals surface area (Å²) in [5.74, 6) is -0.136. The number of anilines is 1. The summed E-state index contributed by atoms with van der Waals surface area (Å²) in [6, 6.07) is 3.44. The molecular weight excluding hydrogens is 381 g/mol. The first kappa shape index (κ1) is 14.3. The number of carbonyl (C=O) groups is 1. The number of nitrogens with one attached hydrogen (secondary N) is 1. The minimum absolute atomic E-state index is 0.136. The maximum Gasteiger partial charge on any atom is 0.238 e. The van der Waals surface area contributed by atoms with Crippen molar-refractivity contribution in [2.75, 3.05) is 5.32 Å². The summed E-state index contributed by atoms with van der Waals surface area (Å²) in [5, 5.41) is 3.43. The van der Waals surface area contributed by atoms with E-state index in [4.69, 9.17) is 23.2 Å². The number of rotatable bonds is 3. The van der Waals surface area contributed by atoms with Gasteiger partial charge in [0.05, 0.1) is 20.6 Å². The number of amides is 1. The Morgan fingerprint density at radius 2 is 2.06 bits per heavy atom. The molecule has 88 valence electrons. The molecule has 0 heterocycles. The molecule has 0 aromatic heterocycles. The van der Waals surface area contributed by atoms with Crippen molar-refractivity contribution in [2.45, 2.75) is 18.2 Å². The van der Waals surface area contributed by atoms with Gasteiger partial charge >= 0.3 is 0 Å². The van der Waals surface area contributed by atoms with Gasteiger partial charge in [-0.3, -0.25) is 4.79 Å². The number of hydrogen-bond donors (Lipinski definition) is 1. The first-order valence-corrected chi connectivity index (χ1v) is 7.02. The summed E-state index contributed by atoms with van der Waals surface area (Å²) >= 11 is 18.4. The van der Waals surface area contributed by atoms with Gasteiger partial charge in [-0.2, -0.15) is 0 Å². The second-order valence-electron chi connectivity index (χ2n) is 3.09. The summed E-state index contributed by atoms with van der Waals surface area (Å²) in [7, 11) is 0. The van der Waals surface area contributed by atoms with Gasteiger partial charge < -0.3 is 5.32 Å². The SMILES string of the molecule is CCC(Br)C(=O)Nc1ccc(Br)c(Cl)c1Cl. The van der Waals surface area contributed by atoms with Gasteiger partial charge in [-0.1, -0.05) is 46.1 Å². The van der Waals surface area contributed by atoms with E-state index in [0.29, 0.717) is 26.6 Å². The van der Waals surface area contributed by atoms with Gasteiger partial charge in [-0.25, -0.2) is 0 Å². The Hall–Kier alpha value is 0.230. The lowest BCUT2D eigenvalue weighted by Crippen LogP contribution is -2.22. The van der Waals surface area contributed by atoms with Crippen LogP contribution in [0.1, 0.15) is 13.3 Å². The minimum Gasteiger partial charge on any atom is -0.324 e. The van der Waals surface area contributed by atoms with Gasteiger partial charge in [0.1, 0.15) is 0 Å². The monoisotopic (exact) mass is 387 g/mol. The van der Waals surface area contributed by atoms with E-state index in [1.54, 1.807) is 12.1 Å². The van der Waals surface area contributed by atoms with Gasteiger partial charge in [0.25, 0.3) is 0 Å². The highest BCUT2D eigenvalue weighted by Crippen LogP contribution is 2.35. The summed E-state index contributed by atoms with van der Waals surface area (Å²) in [5.41, 5.74) is 0.512. The highest BCUT2D eigenvalue weighted by atomic mass is 79.9. The molecule has 1 atom stereocenters. The quantitative estimate of drug-likeness (QED) is 0.580. The van der Waals surface area contributed by atoms with E-state index < -0.39 is 0 Å². The van der Waals surface area contributed by atoms with E-state index in [0.717, 1.165) is 0 Å². The number of hydrogen-bond acceptors (Lipinski definition) is 1. The summed E-state index contributed by atoms with van der Waals surface area (Å²) in [4.78, 5) is 11.4. The van der Waals surface area contributed by atoms with Crippen LogP contribution in [0.2, 0.25) is 10.0 Å². The van der Waals surface area contributed by atoms with Crippen molar-refractivity contribution in [3.05, 3.63) is 26.7 Å². The van der Waals surface area contributed by atoms with Crippen LogP contribution in [0.4, 0.5) is 5.69 Å².